The number of aromatic nitrogens is 1. The van der Waals surface area contributed by atoms with Crippen LogP contribution in [0.3, 0.4) is 0 Å². The highest BCUT2D eigenvalue weighted by Crippen LogP contribution is 2.32. The van der Waals surface area contributed by atoms with Gasteiger partial charge in [0.15, 0.2) is 17.9 Å². The number of benzene rings is 3. The van der Waals surface area contributed by atoms with Gasteiger partial charge in [0.1, 0.15) is 5.75 Å². The lowest BCUT2D eigenvalue weighted by Crippen LogP contribution is -2.12. The van der Waals surface area contributed by atoms with Crippen LogP contribution in [0, 0.1) is 0 Å². The Balaban J connectivity index is 1.55. The molecule has 4 aromatic rings. The van der Waals surface area contributed by atoms with Crippen molar-refractivity contribution in [3.63, 3.8) is 0 Å². The van der Waals surface area contributed by atoms with Crippen molar-refractivity contribution in [2.75, 3.05) is 5.32 Å². The molecular formula is C22H15ClN2O3. The zero-order valence-corrected chi connectivity index (χ0v) is 15.4. The largest absolute Gasteiger partial charge is 0.455 e. The van der Waals surface area contributed by atoms with Crippen molar-refractivity contribution in [1.29, 1.82) is 0 Å². The molecule has 0 saturated heterocycles. The maximum atomic E-state index is 12.7. The molecule has 1 amide bonds. The summed E-state index contributed by atoms with van der Waals surface area (Å²) < 4.78 is 11.1. The monoisotopic (exact) mass is 390 g/mol. The number of amides is 1. The first-order chi connectivity index (χ1) is 13.7. The van der Waals surface area contributed by atoms with Gasteiger partial charge >= 0.3 is 0 Å². The molecule has 28 heavy (non-hydrogen) atoms. The topological polar surface area (TPSA) is 64.4 Å². The van der Waals surface area contributed by atoms with Crippen molar-refractivity contribution in [3.8, 4) is 22.8 Å². The van der Waals surface area contributed by atoms with E-state index < -0.39 is 0 Å². The van der Waals surface area contributed by atoms with Crippen LogP contribution in [0.5, 0.6) is 11.5 Å². The van der Waals surface area contributed by atoms with E-state index in [1.807, 2.05) is 30.3 Å². The zero-order chi connectivity index (χ0) is 19.3. The van der Waals surface area contributed by atoms with Gasteiger partial charge in [-0.25, -0.2) is 4.98 Å². The van der Waals surface area contributed by atoms with E-state index in [2.05, 4.69) is 10.3 Å². The maximum absolute atomic E-state index is 12.7. The molecule has 0 aliphatic rings. The van der Waals surface area contributed by atoms with E-state index in [9.17, 15) is 4.79 Å². The third-order valence-corrected chi connectivity index (χ3v) is 4.26. The number of hydrogen-bond acceptors (Lipinski definition) is 4. The summed E-state index contributed by atoms with van der Waals surface area (Å²) in [4.78, 5) is 16.6. The Hall–Kier alpha value is -3.57. The van der Waals surface area contributed by atoms with Crippen LogP contribution in [0.4, 0.5) is 5.69 Å². The minimum Gasteiger partial charge on any atom is -0.455 e. The first-order valence-electron chi connectivity index (χ1n) is 8.52. The van der Waals surface area contributed by atoms with Crippen molar-refractivity contribution >= 4 is 23.2 Å². The Morgan fingerprint density at radius 1 is 1.00 bits per heavy atom. The van der Waals surface area contributed by atoms with E-state index in [-0.39, 0.29) is 5.91 Å². The molecule has 4 rings (SSSR count). The Morgan fingerprint density at radius 3 is 2.50 bits per heavy atom. The highest BCUT2D eigenvalue weighted by molar-refractivity contribution is 6.31. The number of carbonyl (C=O) groups excluding carboxylic acids is 1. The maximum Gasteiger partial charge on any atom is 0.255 e. The average molecular weight is 391 g/mol. The second-order valence-electron chi connectivity index (χ2n) is 5.95. The molecular weight excluding hydrogens is 376 g/mol. The predicted molar refractivity (Wildman–Crippen MR) is 108 cm³/mol. The summed E-state index contributed by atoms with van der Waals surface area (Å²) in [6, 6.07) is 21.4. The Bertz CT molecular complexity index is 1080. The number of anilines is 1. The van der Waals surface area contributed by atoms with Crippen LogP contribution in [0.15, 0.2) is 89.8 Å². The Morgan fingerprint density at radius 2 is 1.79 bits per heavy atom. The molecule has 138 valence electrons. The Kier molecular flexibility index (Phi) is 5.08. The van der Waals surface area contributed by atoms with Gasteiger partial charge in [-0.05, 0) is 42.5 Å². The quantitative estimate of drug-likeness (QED) is 0.451. The van der Waals surface area contributed by atoms with Crippen LogP contribution in [0.2, 0.25) is 5.02 Å². The van der Waals surface area contributed by atoms with Gasteiger partial charge in [-0.2, -0.15) is 0 Å². The third-order valence-electron chi connectivity index (χ3n) is 4.02. The van der Waals surface area contributed by atoms with Gasteiger partial charge in [0.2, 0.25) is 0 Å². The highest BCUT2D eigenvalue weighted by atomic mass is 35.5. The van der Waals surface area contributed by atoms with Crippen molar-refractivity contribution in [3.05, 3.63) is 96.0 Å². The summed E-state index contributed by atoms with van der Waals surface area (Å²) in [6.07, 6.45) is 2.98. The summed E-state index contributed by atoms with van der Waals surface area (Å²) in [5.41, 5.74) is 1.82. The van der Waals surface area contributed by atoms with Crippen LogP contribution in [0.25, 0.3) is 11.3 Å². The van der Waals surface area contributed by atoms with E-state index in [0.29, 0.717) is 33.5 Å². The molecule has 1 heterocycles. The molecule has 0 saturated carbocycles. The molecule has 0 spiro atoms. The van der Waals surface area contributed by atoms with E-state index >= 15 is 0 Å². The van der Waals surface area contributed by atoms with Gasteiger partial charge in [0.05, 0.1) is 11.9 Å². The number of nitrogens with one attached hydrogen (secondary N) is 1. The molecule has 0 atom stereocenters. The van der Waals surface area contributed by atoms with Crippen molar-refractivity contribution in [1.82, 2.24) is 4.98 Å². The molecule has 3 aromatic carbocycles. The molecule has 5 nitrogen and oxygen atoms in total. The van der Waals surface area contributed by atoms with Crippen LogP contribution in [-0.2, 0) is 0 Å². The molecule has 1 N–H and O–H groups in total. The van der Waals surface area contributed by atoms with E-state index in [1.165, 1.54) is 6.39 Å². The second-order valence-corrected chi connectivity index (χ2v) is 6.39. The SMILES string of the molecule is O=C(Nc1cc(Cl)ccc1Oc1ccccc1)c1ccc(-c2cnco2)cc1. The number of para-hydroxylation sites is 1. The van der Waals surface area contributed by atoms with Gasteiger partial charge in [0.25, 0.3) is 5.91 Å². The fourth-order valence-corrected chi connectivity index (χ4v) is 2.82. The van der Waals surface area contributed by atoms with Crippen LogP contribution in [-0.4, -0.2) is 10.9 Å². The number of halogens is 1. The molecule has 0 aliphatic carbocycles. The molecule has 0 radical (unpaired) electrons. The fraction of sp³-hybridized carbons (Fsp3) is 0. The smallest absolute Gasteiger partial charge is 0.255 e. The molecule has 0 unspecified atom stereocenters. The third kappa shape index (κ3) is 4.05. The summed E-state index contributed by atoms with van der Waals surface area (Å²) in [7, 11) is 0. The van der Waals surface area contributed by atoms with Gasteiger partial charge in [0, 0.05) is 16.1 Å². The summed E-state index contributed by atoms with van der Waals surface area (Å²) in [5.74, 6) is 1.53. The number of rotatable bonds is 5. The van der Waals surface area contributed by atoms with E-state index in [4.69, 9.17) is 20.8 Å². The second kappa shape index (κ2) is 7.98. The summed E-state index contributed by atoms with van der Waals surface area (Å²) >= 11 is 6.10. The first kappa shape index (κ1) is 17.8. The van der Waals surface area contributed by atoms with Crippen molar-refractivity contribution in [2.45, 2.75) is 0 Å². The van der Waals surface area contributed by atoms with Gasteiger partial charge in [-0.1, -0.05) is 41.9 Å². The number of hydrogen-bond donors (Lipinski definition) is 1. The van der Waals surface area contributed by atoms with E-state index in [1.54, 1.807) is 48.7 Å². The molecule has 0 fully saturated rings. The normalized spacial score (nSPS) is 10.5. The number of carbonyl (C=O) groups is 1. The van der Waals surface area contributed by atoms with E-state index in [0.717, 1.165) is 5.56 Å². The predicted octanol–water partition coefficient (Wildman–Crippen LogP) is 6.04. The van der Waals surface area contributed by atoms with Crippen molar-refractivity contribution in [2.24, 2.45) is 0 Å². The van der Waals surface area contributed by atoms with Crippen LogP contribution < -0.4 is 10.1 Å². The number of oxazole rings is 1. The molecule has 0 aliphatic heterocycles. The Labute approximate surface area is 166 Å². The molecule has 0 bridgehead atoms. The lowest BCUT2D eigenvalue weighted by atomic mass is 10.1. The van der Waals surface area contributed by atoms with Crippen molar-refractivity contribution < 1.29 is 13.9 Å². The van der Waals surface area contributed by atoms with Gasteiger partial charge in [-0.15, -0.1) is 0 Å². The lowest BCUT2D eigenvalue weighted by Gasteiger charge is -2.13. The number of nitrogens with zero attached hydrogens (tertiary/aromatic N) is 1. The lowest BCUT2D eigenvalue weighted by molar-refractivity contribution is 0.102. The molecule has 6 heteroatoms. The van der Waals surface area contributed by atoms with Crippen LogP contribution in [0.1, 0.15) is 10.4 Å². The van der Waals surface area contributed by atoms with Gasteiger partial charge in [-0.3, -0.25) is 4.79 Å². The molecule has 1 aromatic heterocycles. The average Bonchev–Trinajstić information content (AvgIpc) is 3.26. The summed E-state index contributed by atoms with van der Waals surface area (Å²) in [6.45, 7) is 0. The minimum absolute atomic E-state index is 0.274. The summed E-state index contributed by atoms with van der Waals surface area (Å²) in [5, 5.41) is 3.35. The first-order valence-corrected chi connectivity index (χ1v) is 8.89. The van der Waals surface area contributed by atoms with Gasteiger partial charge < -0.3 is 14.5 Å². The highest BCUT2D eigenvalue weighted by Gasteiger charge is 2.12. The number of ether oxygens (including phenoxy) is 1. The standard InChI is InChI=1S/C22H15ClN2O3/c23-17-10-11-20(28-18-4-2-1-3-5-18)19(12-17)25-22(26)16-8-6-15(7-9-16)21-13-24-14-27-21/h1-14H,(H,25,26). The fourth-order valence-electron chi connectivity index (χ4n) is 2.64. The minimum atomic E-state index is -0.274. The van der Waals surface area contributed by atoms with Crippen LogP contribution >= 0.6 is 11.6 Å². The zero-order valence-electron chi connectivity index (χ0n) is 14.6.